The number of amides is 1. The highest BCUT2D eigenvalue weighted by Gasteiger charge is 1.94. The molecule has 0 saturated carbocycles. The first-order valence-corrected chi connectivity index (χ1v) is 3.67. The van der Waals surface area contributed by atoms with Crippen LogP contribution in [0.2, 0.25) is 0 Å². The van der Waals surface area contributed by atoms with Gasteiger partial charge in [-0.2, -0.15) is 0 Å². The molecule has 0 rings (SSSR count). The highest BCUT2D eigenvalue weighted by molar-refractivity contribution is 5.75. The van der Waals surface area contributed by atoms with Crippen LogP contribution in [0.3, 0.4) is 0 Å². The first-order valence-electron chi connectivity index (χ1n) is 3.67. The van der Waals surface area contributed by atoms with Gasteiger partial charge in [-0.3, -0.25) is 4.79 Å². The van der Waals surface area contributed by atoms with Crippen molar-refractivity contribution in [1.82, 2.24) is 5.32 Å². The lowest BCUT2D eigenvalue weighted by Gasteiger charge is -2.01. The van der Waals surface area contributed by atoms with Gasteiger partial charge in [-0.15, -0.1) is 0 Å². The van der Waals surface area contributed by atoms with Crippen molar-refractivity contribution in [1.29, 1.82) is 0 Å². The molecule has 70 valence electrons. The molecule has 0 saturated heterocycles. The number of Topliss-reactive ketones (excluding diaryl/α,β-unsaturated/α-hetero) is 1. The first-order chi connectivity index (χ1) is 5.63. The summed E-state index contributed by atoms with van der Waals surface area (Å²) in [7, 11) is 0. The van der Waals surface area contributed by atoms with Crippen molar-refractivity contribution < 1.29 is 19.4 Å². The van der Waals surface area contributed by atoms with Crippen molar-refractivity contribution in [3.63, 3.8) is 0 Å². The van der Waals surface area contributed by atoms with Gasteiger partial charge in [-0.05, 0) is 6.92 Å². The van der Waals surface area contributed by atoms with Gasteiger partial charge in [0.1, 0.15) is 5.78 Å². The average molecular weight is 175 g/mol. The number of carbonyl (C=O) groups is 2. The maximum atomic E-state index is 10.4. The molecule has 0 spiro atoms. The number of hydrogen-bond acceptors (Lipinski definition) is 3. The third kappa shape index (κ3) is 8.90. The van der Waals surface area contributed by atoms with Crippen molar-refractivity contribution in [2.75, 3.05) is 19.8 Å². The molecule has 0 aromatic heterocycles. The minimum absolute atomic E-state index is 0.0705. The predicted molar refractivity (Wildman–Crippen MR) is 42.1 cm³/mol. The summed E-state index contributed by atoms with van der Waals surface area (Å²) in [5.41, 5.74) is 0. The van der Waals surface area contributed by atoms with Crippen LogP contribution < -0.4 is 5.32 Å². The van der Waals surface area contributed by atoms with Crippen molar-refractivity contribution >= 4 is 11.9 Å². The van der Waals surface area contributed by atoms with Gasteiger partial charge in [-0.25, -0.2) is 4.79 Å². The van der Waals surface area contributed by atoms with E-state index in [1.165, 1.54) is 6.92 Å². The highest BCUT2D eigenvalue weighted by atomic mass is 16.5. The highest BCUT2D eigenvalue weighted by Crippen LogP contribution is 1.83. The molecule has 0 unspecified atom stereocenters. The number of nitrogens with one attached hydrogen (secondary N) is 1. The number of ether oxygens (including phenoxy) is 1. The first kappa shape index (κ1) is 10.9. The molecular formula is C7H13NO4. The molecule has 0 fully saturated rings. The lowest BCUT2D eigenvalue weighted by Crippen LogP contribution is -2.25. The summed E-state index contributed by atoms with van der Waals surface area (Å²) in [5.74, 6) is 0.0705. The molecule has 5 heteroatoms. The van der Waals surface area contributed by atoms with Crippen LogP contribution in [0.5, 0.6) is 0 Å². The van der Waals surface area contributed by atoms with Gasteiger partial charge in [0.15, 0.2) is 0 Å². The van der Waals surface area contributed by atoms with Crippen LogP contribution >= 0.6 is 0 Å². The fourth-order valence-electron chi connectivity index (χ4n) is 0.548. The molecule has 0 bridgehead atoms. The molecule has 0 aliphatic carbocycles. The quantitative estimate of drug-likeness (QED) is 0.567. The summed E-state index contributed by atoms with van der Waals surface area (Å²) in [6, 6.07) is 0. The Morgan fingerprint density at radius 2 is 2.08 bits per heavy atom. The van der Waals surface area contributed by atoms with Gasteiger partial charge in [0.05, 0.1) is 13.2 Å². The Labute approximate surface area is 70.7 Å². The molecule has 0 radical (unpaired) electrons. The molecule has 0 aromatic rings. The molecule has 0 atom stereocenters. The molecule has 2 N–H and O–H groups in total. The van der Waals surface area contributed by atoms with Crippen LogP contribution in [0.4, 0.5) is 4.79 Å². The van der Waals surface area contributed by atoms with Gasteiger partial charge in [0.25, 0.3) is 0 Å². The van der Waals surface area contributed by atoms with Crippen LogP contribution in [-0.4, -0.2) is 36.7 Å². The van der Waals surface area contributed by atoms with Gasteiger partial charge < -0.3 is 15.2 Å². The molecule has 0 aliphatic heterocycles. The van der Waals surface area contributed by atoms with E-state index in [1.54, 1.807) is 0 Å². The summed E-state index contributed by atoms with van der Waals surface area (Å²) < 4.78 is 4.95. The van der Waals surface area contributed by atoms with Crippen LogP contribution in [-0.2, 0) is 9.53 Å². The summed E-state index contributed by atoms with van der Waals surface area (Å²) in [4.78, 5) is 20.3. The van der Waals surface area contributed by atoms with E-state index in [-0.39, 0.29) is 12.3 Å². The Bertz CT molecular complexity index is 139. The van der Waals surface area contributed by atoms with Crippen LogP contribution in [0, 0.1) is 0 Å². The van der Waals surface area contributed by atoms with E-state index in [0.717, 1.165) is 0 Å². The van der Waals surface area contributed by atoms with Gasteiger partial charge >= 0.3 is 6.09 Å². The molecule has 0 aromatic carbocycles. The smallest absolute Gasteiger partial charge is 0.404 e. The number of rotatable bonds is 6. The van der Waals surface area contributed by atoms with E-state index in [1.807, 2.05) is 0 Å². The molecule has 0 heterocycles. The summed E-state index contributed by atoms with van der Waals surface area (Å²) in [6.45, 7) is 2.41. The van der Waals surface area contributed by atoms with Gasteiger partial charge in [0.2, 0.25) is 0 Å². The zero-order valence-corrected chi connectivity index (χ0v) is 7.00. The van der Waals surface area contributed by atoms with Crippen LogP contribution in [0.25, 0.3) is 0 Å². The number of hydrogen-bond donors (Lipinski definition) is 2. The average Bonchev–Trinajstić information content (AvgIpc) is 1.95. The topological polar surface area (TPSA) is 75.6 Å². The van der Waals surface area contributed by atoms with Gasteiger partial charge in [-0.1, -0.05) is 0 Å². The van der Waals surface area contributed by atoms with Crippen molar-refractivity contribution in [2.24, 2.45) is 0 Å². The largest absolute Gasteiger partial charge is 0.465 e. The molecule has 5 nitrogen and oxygen atoms in total. The summed E-state index contributed by atoms with van der Waals surface area (Å²) in [6.07, 6.45) is -0.683. The van der Waals surface area contributed by atoms with Crippen molar-refractivity contribution in [2.45, 2.75) is 13.3 Å². The van der Waals surface area contributed by atoms with Crippen molar-refractivity contribution in [3.05, 3.63) is 0 Å². The van der Waals surface area contributed by atoms with E-state index >= 15 is 0 Å². The number of carboxylic acid groups (broad SMARTS) is 1. The molecule has 1 amide bonds. The minimum Gasteiger partial charge on any atom is -0.465 e. The second kappa shape index (κ2) is 6.60. The SMILES string of the molecule is CC(=O)CCOCCNC(=O)O. The lowest BCUT2D eigenvalue weighted by atomic mass is 10.3. The standard InChI is InChI=1S/C7H13NO4/c1-6(9)2-4-12-5-3-8-7(10)11/h8H,2-5H2,1H3,(H,10,11). The number of carbonyl (C=O) groups excluding carboxylic acids is 1. The maximum Gasteiger partial charge on any atom is 0.404 e. The van der Waals surface area contributed by atoms with E-state index in [9.17, 15) is 9.59 Å². The fourth-order valence-corrected chi connectivity index (χ4v) is 0.548. The minimum atomic E-state index is -1.06. The zero-order valence-electron chi connectivity index (χ0n) is 7.00. The Kier molecular flexibility index (Phi) is 6.00. The van der Waals surface area contributed by atoms with E-state index in [0.29, 0.717) is 19.6 Å². The van der Waals surface area contributed by atoms with E-state index in [4.69, 9.17) is 9.84 Å². The Morgan fingerprint density at radius 1 is 1.42 bits per heavy atom. The molecule has 0 aliphatic rings. The maximum absolute atomic E-state index is 10.4. The Hall–Kier alpha value is -1.10. The van der Waals surface area contributed by atoms with Gasteiger partial charge in [0, 0.05) is 13.0 Å². The molecule has 12 heavy (non-hydrogen) atoms. The van der Waals surface area contributed by atoms with Crippen LogP contribution in [0.1, 0.15) is 13.3 Å². The number of ketones is 1. The second-order valence-corrected chi connectivity index (χ2v) is 2.30. The third-order valence-corrected chi connectivity index (χ3v) is 1.12. The normalized spacial score (nSPS) is 9.42. The second-order valence-electron chi connectivity index (χ2n) is 2.30. The van der Waals surface area contributed by atoms with Crippen molar-refractivity contribution in [3.8, 4) is 0 Å². The molecular weight excluding hydrogens is 162 g/mol. The monoisotopic (exact) mass is 175 g/mol. The Morgan fingerprint density at radius 3 is 2.58 bits per heavy atom. The fraction of sp³-hybridized carbons (Fsp3) is 0.714. The summed E-state index contributed by atoms with van der Waals surface area (Å²) in [5, 5.41) is 10.3. The van der Waals surface area contributed by atoms with E-state index in [2.05, 4.69) is 5.32 Å². The van der Waals surface area contributed by atoms with Crippen LogP contribution in [0.15, 0.2) is 0 Å². The lowest BCUT2D eigenvalue weighted by molar-refractivity contribution is -0.118. The van der Waals surface area contributed by atoms with E-state index < -0.39 is 6.09 Å². The summed E-state index contributed by atoms with van der Waals surface area (Å²) >= 11 is 0. The predicted octanol–water partition coefficient (Wildman–Crippen LogP) is 0.250. The Balaban J connectivity index is 3.01. The third-order valence-electron chi connectivity index (χ3n) is 1.12. The zero-order chi connectivity index (χ0) is 9.40.